The summed E-state index contributed by atoms with van der Waals surface area (Å²) in [4.78, 5) is 17.3. The quantitative estimate of drug-likeness (QED) is 0.289. The number of benzene rings is 1. The molecule has 32 heavy (non-hydrogen) atoms. The molecule has 9 heteroatoms. The van der Waals surface area contributed by atoms with Crippen LogP contribution in [0.1, 0.15) is 43.3 Å². The van der Waals surface area contributed by atoms with Crippen LogP contribution in [0, 0.1) is 10.1 Å². The first-order valence-electron chi connectivity index (χ1n) is 10.4. The summed E-state index contributed by atoms with van der Waals surface area (Å²) < 4.78 is 11.7. The maximum Gasteiger partial charge on any atom is 0.273 e. The normalized spacial score (nSPS) is 17.9. The van der Waals surface area contributed by atoms with E-state index in [9.17, 15) is 10.1 Å². The van der Waals surface area contributed by atoms with E-state index in [4.69, 9.17) is 21.4 Å². The number of nitro groups is 1. The number of ether oxygens (including phenoxy) is 1. The van der Waals surface area contributed by atoms with Gasteiger partial charge in [0, 0.05) is 18.8 Å². The zero-order valence-corrected chi connectivity index (χ0v) is 18.7. The Kier molecular flexibility index (Phi) is 6.36. The van der Waals surface area contributed by atoms with Gasteiger partial charge in [-0.25, -0.2) is 0 Å². The lowest BCUT2D eigenvalue weighted by molar-refractivity contribution is -0.384. The Labute approximate surface area is 191 Å². The molecule has 1 fully saturated rings. The van der Waals surface area contributed by atoms with Crippen molar-refractivity contribution in [1.82, 2.24) is 15.2 Å². The predicted octanol–water partition coefficient (Wildman–Crippen LogP) is 5.03. The number of methoxy groups -OCH3 is 1. The van der Waals surface area contributed by atoms with E-state index in [1.54, 1.807) is 12.3 Å². The highest BCUT2D eigenvalue weighted by Gasteiger charge is 2.41. The third-order valence-corrected chi connectivity index (χ3v) is 5.88. The fourth-order valence-electron chi connectivity index (χ4n) is 3.94. The molecule has 1 aromatic carbocycles. The van der Waals surface area contributed by atoms with Crippen molar-refractivity contribution >= 4 is 23.0 Å². The summed E-state index contributed by atoms with van der Waals surface area (Å²) in [6.07, 6.45) is 3.81. The standard InChI is InChI=1S/C23H24N4O4S/c1-3-4-13-26-22(21(25-23(26)32)17-7-5-6-12-24-17)19-11-10-18(31-19)16-9-8-15(27(28)29)14-20(16)30-2/h5-12,14,21-22H,3-4,13H2,1-2H3,(H,25,32)/t21-,22+/m0/s1. The van der Waals surface area contributed by atoms with E-state index in [0.717, 1.165) is 30.8 Å². The van der Waals surface area contributed by atoms with Crippen LogP contribution in [0.15, 0.2) is 59.1 Å². The molecule has 0 unspecified atom stereocenters. The van der Waals surface area contributed by atoms with Crippen LogP contribution in [0.4, 0.5) is 5.69 Å². The molecule has 0 aliphatic carbocycles. The molecule has 3 aromatic rings. The fraction of sp³-hybridized carbons (Fsp3) is 0.304. The Bertz CT molecular complexity index is 1120. The van der Waals surface area contributed by atoms with Crippen molar-refractivity contribution in [3.8, 4) is 17.1 Å². The minimum Gasteiger partial charge on any atom is -0.496 e. The number of hydrogen-bond donors (Lipinski definition) is 1. The fourth-order valence-corrected chi connectivity index (χ4v) is 4.27. The molecule has 1 aliphatic rings. The van der Waals surface area contributed by atoms with Gasteiger partial charge < -0.3 is 19.4 Å². The molecular weight excluding hydrogens is 428 g/mol. The third kappa shape index (κ3) is 4.16. The lowest BCUT2D eigenvalue weighted by Crippen LogP contribution is -2.30. The summed E-state index contributed by atoms with van der Waals surface area (Å²) in [6, 6.07) is 13.7. The number of nitro benzene ring substituents is 1. The van der Waals surface area contributed by atoms with Crippen molar-refractivity contribution < 1.29 is 14.1 Å². The monoisotopic (exact) mass is 452 g/mol. The highest BCUT2D eigenvalue weighted by molar-refractivity contribution is 7.80. The number of pyridine rings is 1. The van der Waals surface area contributed by atoms with E-state index in [1.165, 1.54) is 19.2 Å². The maximum atomic E-state index is 11.1. The van der Waals surface area contributed by atoms with Gasteiger partial charge in [0.1, 0.15) is 23.3 Å². The number of thiocarbonyl (C=S) groups is 1. The van der Waals surface area contributed by atoms with Gasteiger partial charge in [-0.05, 0) is 49.0 Å². The SMILES string of the molecule is CCCCN1C(=S)N[C@@H](c2ccccn2)[C@H]1c1ccc(-c2ccc([N+](=O)[O-])cc2OC)o1. The summed E-state index contributed by atoms with van der Waals surface area (Å²) >= 11 is 5.65. The van der Waals surface area contributed by atoms with Crippen LogP contribution in [0.3, 0.4) is 0 Å². The molecule has 4 rings (SSSR count). The van der Waals surface area contributed by atoms with E-state index in [2.05, 4.69) is 22.1 Å². The van der Waals surface area contributed by atoms with Gasteiger partial charge in [0.2, 0.25) is 0 Å². The lowest BCUT2D eigenvalue weighted by atomic mass is 10.0. The minimum absolute atomic E-state index is 0.0383. The Balaban J connectivity index is 1.72. The summed E-state index contributed by atoms with van der Waals surface area (Å²) in [5.41, 5.74) is 1.49. The Morgan fingerprint density at radius 2 is 2.12 bits per heavy atom. The van der Waals surface area contributed by atoms with E-state index in [-0.39, 0.29) is 17.8 Å². The Hall–Kier alpha value is -3.46. The molecule has 0 spiro atoms. The van der Waals surface area contributed by atoms with E-state index >= 15 is 0 Å². The molecule has 1 saturated heterocycles. The van der Waals surface area contributed by atoms with Gasteiger partial charge in [0.15, 0.2) is 5.11 Å². The summed E-state index contributed by atoms with van der Waals surface area (Å²) in [5.74, 6) is 1.68. The molecule has 166 valence electrons. The highest BCUT2D eigenvalue weighted by atomic mass is 32.1. The van der Waals surface area contributed by atoms with Crippen molar-refractivity contribution in [1.29, 1.82) is 0 Å². The molecular formula is C23H24N4O4S. The first-order chi connectivity index (χ1) is 15.5. The number of non-ortho nitro benzene ring substituents is 1. The molecule has 3 heterocycles. The van der Waals surface area contributed by atoms with Crippen LogP contribution in [0.25, 0.3) is 11.3 Å². The first-order valence-corrected chi connectivity index (χ1v) is 10.8. The molecule has 0 amide bonds. The third-order valence-electron chi connectivity index (χ3n) is 5.53. The number of unbranched alkanes of at least 4 members (excludes halogenated alkanes) is 1. The van der Waals surface area contributed by atoms with Crippen molar-refractivity contribution in [2.24, 2.45) is 0 Å². The van der Waals surface area contributed by atoms with Gasteiger partial charge in [0.25, 0.3) is 5.69 Å². The molecule has 2 aromatic heterocycles. The average molecular weight is 453 g/mol. The second-order valence-corrected chi connectivity index (χ2v) is 7.90. The van der Waals surface area contributed by atoms with Crippen LogP contribution in [-0.4, -0.2) is 33.6 Å². The topological polar surface area (TPSA) is 93.7 Å². The lowest BCUT2D eigenvalue weighted by Gasteiger charge is -2.25. The molecule has 1 aliphatic heterocycles. The van der Waals surface area contributed by atoms with E-state index in [0.29, 0.717) is 22.2 Å². The second-order valence-electron chi connectivity index (χ2n) is 7.52. The van der Waals surface area contributed by atoms with Crippen molar-refractivity contribution in [2.75, 3.05) is 13.7 Å². The van der Waals surface area contributed by atoms with Gasteiger partial charge in [-0.1, -0.05) is 19.4 Å². The summed E-state index contributed by atoms with van der Waals surface area (Å²) in [5, 5.41) is 15.2. The van der Waals surface area contributed by atoms with Crippen molar-refractivity contribution in [3.05, 3.63) is 76.3 Å². The Morgan fingerprint density at radius 3 is 2.81 bits per heavy atom. The van der Waals surface area contributed by atoms with Gasteiger partial charge in [-0.2, -0.15) is 0 Å². The van der Waals surface area contributed by atoms with Crippen LogP contribution in [0.2, 0.25) is 0 Å². The number of hydrogen-bond acceptors (Lipinski definition) is 6. The number of nitrogens with zero attached hydrogens (tertiary/aromatic N) is 3. The van der Waals surface area contributed by atoms with Crippen LogP contribution in [0.5, 0.6) is 5.75 Å². The molecule has 2 atom stereocenters. The zero-order chi connectivity index (χ0) is 22.7. The second kappa shape index (κ2) is 9.35. The number of rotatable bonds is 8. The van der Waals surface area contributed by atoms with Gasteiger partial charge in [-0.3, -0.25) is 15.1 Å². The number of nitrogens with one attached hydrogen (secondary N) is 1. The molecule has 0 radical (unpaired) electrons. The predicted molar refractivity (Wildman–Crippen MR) is 124 cm³/mol. The van der Waals surface area contributed by atoms with Gasteiger partial charge >= 0.3 is 0 Å². The van der Waals surface area contributed by atoms with Gasteiger partial charge in [-0.15, -0.1) is 0 Å². The highest BCUT2D eigenvalue weighted by Crippen LogP contribution is 2.42. The summed E-state index contributed by atoms with van der Waals surface area (Å²) in [7, 11) is 1.48. The number of furan rings is 1. The Morgan fingerprint density at radius 1 is 1.28 bits per heavy atom. The zero-order valence-electron chi connectivity index (χ0n) is 17.9. The van der Waals surface area contributed by atoms with Gasteiger partial charge in [0.05, 0.1) is 35.4 Å². The first kappa shape index (κ1) is 21.8. The smallest absolute Gasteiger partial charge is 0.273 e. The molecule has 1 N–H and O–H groups in total. The average Bonchev–Trinajstić information content (AvgIpc) is 3.42. The van der Waals surface area contributed by atoms with Crippen LogP contribution < -0.4 is 10.1 Å². The van der Waals surface area contributed by atoms with Crippen molar-refractivity contribution in [2.45, 2.75) is 31.8 Å². The van der Waals surface area contributed by atoms with Crippen LogP contribution >= 0.6 is 12.2 Å². The van der Waals surface area contributed by atoms with Crippen LogP contribution in [-0.2, 0) is 0 Å². The van der Waals surface area contributed by atoms with E-state index < -0.39 is 4.92 Å². The minimum atomic E-state index is -0.450. The molecule has 0 bridgehead atoms. The summed E-state index contributed by atoms with van der Waals surface area (Å²) in [6.45, 7) is 2.94. The molecule has 0 saturated carbocycles. The molecule has 8 nitrogen and oxygen atoms in total. The number of aromatic nitrogens is 1. The van der Waals surface area contributed by atoms with E-state index in [1.807, 2.05) is 30.3 Å². The largest absolute Gasteiger partial charge is 0.496 e. The van der Waals surface area contributed by atoms with Crippen molar-refractivity contribution in [3.63, 3.8) is 0 Å². The maximum absolute atomic E-state index is 11.1.